The van der Waals surface area contributed by atoms with Gasteiger partial charge in [-0.25, -0.2) is 9.37 Å². The fourth-order valence-electron chi connectivity index (χ4n) is 2.11. The summed E-state index contributed by atoms with van der Waals surface area (Å²) in [5, 5.41) is 5.09. The lowest BCUT2D eigenvalue weighted by atomic mass is 10.3. The first kappa shape index (κ1) is 13.8. The fourth-order valence-corrected chi connectivity index (χ4v) is 3.06. The highest BCUT2D eigenvalue weighted by Gasteiger charge is 2.07. The van der Waals surface area contributed by atoms with E-state index < -0.39 is 0 Å². The maximum absolute atomic E-state index is 12.8. The Morgan fingerprint density at radius 1 is 1.33 bits per heavy atom. The van der Waals surface area contributed by atoms with Crippen molar-refractivity contribution in [1.82, 2.24) is 9.55 Å². The molecule has 0 saturated carbocycles. The summed E-state index contributed by atoms with van der Waals surface area (Å²) in [4.78, 5) is 16.6. The Labute approximate surface area is 124 Å². The molecule has 0 aliphatic heterocycles. The molecule has 0 bridgehead atoms. The van der Waals surface area contributed by atoms with Crippen LogP contribution in [0.2, 0.25) is 0 Å². The average Bonchev–Trinajstić information content (AvgIpc) is 2.86. The minimum absolute atomic E-state index is 0.0148. The van der Waals surface area contributed by atoms with E-state index in [0.29, 0.717) is 17.8 Å². The Morgan fingerprint density at radius 2 is 2.10 bits per heavy atom. The van der Waals surface area contributed by atoms with Gasteiger partial charge in [-0.05, 0) is 42.1 Å². The average molecular weight is 303 g/mol. The molecule has 3 aromatic rings. The van der Waals surface area contributed by atoms with Crippen molar-refractivity contribution in [3.8, 4) is 0 Å². The summed E-state index contributed by atoms with van der Waals surface area (Å²) < 4.78 is 15.1. The maximum atomic E-state index is 12.8. The first-order chi connectivity index (χ1) is 10.1. The Kier molecular flexibility index (Phi) is 3.70. The first-order valence-corrected chi connectivity index (χ1v) is 7.46. The Bertz CT molecular complexity index is 823. The van der Waals surface area contributed by atoms with Crippen LogP contribution in [0.1, 0.15) is 5.56 Å². The van der Waals surface area contributed by atoms with Crippen molar-refractivity contribution >= 4 is 27.2 Å². The highest BCUT2D eigenvalue weighted by atomic mass is 32.1. The third-order valence-corrected chi connectivity index (χ3v) is 4.32. The van der Waals surface area contributed by atoms with Crippen LogP contribution < -0.4 is 10.9 Å². The van der Waals surface area contributed by atoms with E-state index in [2.05, 4.69) is 10.3 Å². The van der Waals surface area contributed by atoms with Gasteiger partial charge in [0.05, 0.1) is 11.8 Å². The quantitative estimate of drug-likeness (QED) is 0.806. The number of hydrogen-bond donors (Lipinski definition) is 1. The minimum Gasteiger partial charge on any atom is -0.383 e. The number of rotatable bonds is 4. The number of fused-ring (bicyclic) bond motifs is 1. The number of aryl methyl sites for hydroxylation is 1. The van der Waals surface area contributed by atoms with Crippen molar-refractivity contribution in [2.45, 2.75) is 13.5 Å². The summed E-state index contributed by atoms with van der Waals surface area (Å²) in [6, 6.07) is 6.14. The second-order valence-electron chi connectivity index (χ2n) is 4.77. The fraction of sp³-hybridized carbons (Fsp3) is 0.200. The van der Waals surface area contributed by atoms with Gasteiger partial charge >= 0.3 is 0 Å². The van der Waals surface area contributed by atoms with Gasteiger partial charge < -0.3 is 5.32 Å². The van der Waals surface area contributed by atoms with Crippen molar-refractivity contribution in [1.29, 1.82) is 0 Å². The molecule has 6 heteroatoms. The molecule has 3 rings (SSSR count). The molecule has 0 aliphatic carbocycles. The van der Waals surface area contributed by atoms with E-state index in [-0.39, 0.29) is 11.4 Å². The molecule has 0 atom stereocenters. The summed E-state index contributed by atoms with van der Waals surface area (Å²) in [5.41, 5.74) is 2.63. The molecule has 2 heterocycles. The number of benzene rings is 1. The predicted molar refractivity (Wildman–Crippen MR) is 83.5 cm³/mol. The maximum Gasteiger partial charge on any atom is 0.271 e. The lowest BCUT2D eigenvalue weighted by Crippen LogP contribution is -2.23. The van der Waals surface area contributed by atoms with Gasteiger partial charge in [-0.15, -0.1) is 11.3 Å². The van der Waals surface area contributed by atoms with Gasteiger partial charge in [0.1, 0.15) is 10.5 Å². The molecule has 0 amide bonds. The van der Waals surface area contributed by atoms with Gasteiger partial charge in [0.15, 0.2) is 0 Å². The van der Waals surface area contributed by atoms with Crippen LogP contribution in [0, 0.1) is 12.7 Å². The summed E-state index contributed by atoms with van der Waals surface area (Å²) in [6.45, 7) is 3.03. The second kappa shape index (κ2) is 5.65. The highest BCUT2D eigenvalue weighted by Crippen LogP contribution is 2.19. The van der Waals surface area contributed by atoms with E-state index in [9.17, 15) is 9.18 Å². The molecule has 0 unspecified atom stereocenters. The van der Waals surface area contributed by atoms with Crippen LogP contribution in [-0.2, 0) is 6.54 Å². The molecular weight excluding hydrogens is 289 g/mol. The number of halogens is 1. The first-order valence-electron chi connectivity index (χ1n) is 6.58. The number of hydrogen-bond acceptors (Lipinski definition) is 4. The van der Waals surface area contributed by atoms with E-state index in [1.165, 1.54) is 23.5 Å². The van der Waals surface area contributed by atoms with Crippen LogP contribution in [0.15, 0.2) is 40.8 Å². The van der Waals surface area contributed by atoms with Crippen molar-refractivity contribution in [2.24, 2.45) is 0 Å². The summed E-state index contributed by atoms with van der Waals surface area (Å²) in [7, 11) is 0. The molecule has 0 saturated heterocycles. The molecule has 4 nitrogen and oxygen atoms in total. The van der Waals surface area contributed by atoms with Gasteiger partial charge in [-0.2, -0.15) is 0 Å². The summed E-state index contributed by atoms with van der Waals surface area (Å²) >= 11 is 1.43. The molecular formula is C15H14FN3OS. The Morgan fingerprint density at radius 3 is 2.86 bits per heavy atom. The van der Waals surface area contributed by atoms with E-state index in [0.717, 1.165) is 16.8 Å². The molecule has 0 fully saturated rings. The van der Waals surface area contributed by atoms with Crippen LogP contribution in [0.4, 0.5) is 10.1 Å². The van der Waals surface area contributed by atoms with E-state index in [4.69, 9.17) is 0 Å². The number of thiophene rings is 1. The molecule has 1 aromatic carbocycles. The second-order valence-corrected chi connectivity index (χ2v) is 5.65. The van der Waals surface area contributed by atoms with Crippen molar-refractivity contribution in [3.05, 3.63) is 57.7 Å². The summed E-state index contributed by atoms with van der Waals surface area (Å²) in [6.07, 6.45) is 1.58. The normalized spacial score (nSPS) is 11.0. The highest BCUT2D eigenvalue weighted by molar-refractivity contribution is 7.17. The largest absolute Gasteiger partial charge is 0.383 e. The molecule has 0 radical (unpaired) electrons. The zero-order valence-electron chi connectivity index (χ0n) is 11.5. The van der Waals surface area contributed by atoms with Gasteiger partial charge in [0.25, 0.3) is 5.56 Å². The van der Waals surface area contributed by atoms with Crippen LogP contribution in [0.3, 0.4) is 0 Å². The van der Waals surface area contributed by atoms with E-state index in [1.54, 1.807) is 23.0 Å². The standard InChI is InChI=1S/C15H14FN3OS/c1-10-8-21-14-13(10)18-9-19(15(14)20)7-6-17-12-4-2-11(16)3-5-12/h2-5,8-9,17H,6-7H2,1H3. The van der Waals surface area contributed by atoms with Crippen LogP contribution in [-0.4, -0.2) is 16.1 Å². The minimum atomic E-state index is -0.264. The lowest BCUT2D eigenvalue weighted by Gasteiger charge is -2.08. The molecule has 2 aromatic heterocycles. The molecule has 1 N–H and O–H groups in total. The lowest BCUT2D eigenvalue weighted by molar-refractivity contribution is 0.628. The van der Waals surface area contributed by atoms with Gasteiger partial charge in [-0.3, -0.25) is 9.36 Å². The molecule has 0 spiro atoms. The number of nitrogens with zero attached hydrogens (tertiary/aromatic N) is 2. The molecule has 21 heavy (non-hydrogen) atoms. The zero-order chi connectivity index (χ0) is 14.8. The Balaban J connectivity index is 1.72. The topological polar surface area (TPSA) is 46.9 Å². The third kappa shape index (κ3) is 2.80. The van der Waals surface area contributed by atoms with Crippen LogP contribution >= 0.6 is 11.3 Å². The third-order valence-electron chi connectivity index (χ3n) is 3.25. The van der Waals surface area contributed by atoms with Crippen molar-refractivity contribution in [3.63, 3.8) is 0 Å². The van der Waals surface area contributed by atoms with Crippen molar-refractivity contribution < 1.29 is 4.39 Å². The zero-order valence-corrected chi connectivity index (χ0v) is 12.3. The predicted octanol–water partition coefficient (Wildman–Crippen LogP) is 3.02. The SMILES string of the molecule is Cc1csc2c(=O)n(CCNc3ccc(F)cc3)cnc12. The number of aromatic nitrogens is 2. The van der Waals surface area contributed by atoms with Crippen LogP contribution in [0.5, 0.6) is 0 Å². The number of nitrogens with one attached hydrogen (secondary N) is 1. The smallest absolute Gasteiger partial charge is 0.271 e. The summed E-state index contributed by atoms with van der Waals surface area (Å²) in [5.74, 6) is -0.264. The molecule has 0 aliphatic rings. The van der Waals surface area contributed by atoms with Gasteiger partial charge in [-0.1, -0.05) is 0 Å². The van der Waals surface area contributed by atoms with Crippen molar-refractivity contribution in [2.75, 3.05) is 11.9 Å². The van der Waals surface area contributed by atoms with Gasteiger partial charge in [0, 0.05) is 18.8 Å². The Hall–Kier alpha value is -2.21. The van der Waals surface area contributed by atoms with E-state index >= 15 is 0 Å². The van der Waals surface area contributed by atoms with E-state index in [1.807, 2.05) is 12.3 Å². The monoisotopic (exact) mass is 303 g/mol. The van der Waals surface area contributed by atoms with Crippen LogP contribution in [0.25, 0.3) is 10.2 Å². The number of anilines is 1. The van der Waals surface area contributed by atoms with Gasteiger partial charge in [0.2, 0.25) is 0 Å². The molecule has 108 valence electrons.